The predicted molar refractivity (Wildman–Crippen MR) is 92.5 cm³/mol. The van der Waals surface area contributed by atoms with Crippen molar-refractivity contribution in [2.75, 3.05) is 12.1 Å². The molecular weight excluding hydrogens is 314 g/mol. The molecule has 112 valence electrons. The Labute approximate surface area is 137 Å². The minimum absolute atomic E-state index is 0.106. The first-order valence-corrected chi connectivity index (χ1v) is 8.96. The molecule has 22 heavy (non-hydrogen) atoms. The van der Waals surface area contributed by atoms with E-state index in [2.05, 4.69) is 45.8 Å². The number of para-hydroxylation sites is 1. The third-order valence-electron chi connectivity index (χ3n) is 3.23. The average Bonchev–Trinajstić information content (AvgIpc) is 3.04. The lowest BCUT2D eigenvalue weighted by Crippen LogP contribution is -2.23. The Bertz CT molecular complexity index is 783. The van der Waals surface area contributed by atoms with E-state index in [0.717, 1.165) is 10.4 Å². The van der Waals surface area contributed by atoms with Crippen LogP contribution < -0.4 is 5.32 Å². The van der Waals surface area contributed by atoms with E-state index in [0.29, 0.717) is 17.0 Å². The molecule has 0 spiro atoms. The van der Waals surface area contributed by atoms with Gasteiger partial charge in [-0.1, -0.05) is 6.07 Å². The first kappa shape index (κ1) is 15.0. The van der Waals surface area contributed by atoms with Gasteiger partial charge in [0.1, 0.15) is 5.52 Å². The van der Waals surface area contributed by atoms with Gasteiger partial charge in [0.2, 0.25) is 0 Å². The minimum Gasteiger partial charge on any atom is -0.345 e. The Hall–Kier alpha value is -1.92. The predicted octanol–water partition coefficient (Wildman–Crippen LogP) is 3.76. The summed E-state index contributed by atoms with van der Waals surface area (Å²) in [5.74, 6) is 0.420. The van der Waals surface area contributed by atoms with Gasteiger partial charge in [-0.2, -0.15) is 0 Å². The van der Waals surface area contributed by atoms with Gasteiger partial charge >= 0.3 is 0 Å². The second kappa shape index (κ2) is 6.89. The van der Waals surface area contributed by atoms with Crippen LogP contribution in [0.25, 0.3) is 11.0 Å². The van der Waals surface area contributed by atoms with Crippen molar-refractivity contribution in [3.05, 3.63) is 54.4 Å². The van der Waals surface area contributed by atoms with Crippen LogP contribution in [0, 0.1) is 0 Å². The molecule has 2 N–H and O–H groups in total. The summed E-state index contributed by atoms with van der Waals surface area (Å²) in [7, 11) is 0. The second-order valence-corrected chi connectivity index (χ2v) is 6.50. The van der Waals surface area contributed by atoms with Gasteiger partial charge in [-0.05, 0) is 42.7 Å². The highest BCUT2D eigenvalue weighted by Crippen LogP contribution is 2.21. The van der Waals surface area contributed by atoms with Crippen molar-refractivity contribution in [1.29, 1.82) is 0 Å². The summed E-state index contributed by atoms with van der Waals surface area (Å²) in [6, 6.07) is 13.8. The largest absolute Gasteiger partial charge is 0.345 e. The zero-order chi connectivity index (χ0) is 15.4. The molecule has 0 bridgehead atoms. The van der Waals surface area contributed by atoms with Crippen molar-refractivity contribution < 1.29 is 4.79 Å². The molecule has 1 amide bonds. The smallest absolute Gasteiger partial charge is 0.254 e. The quantitative estimate of drug-likeness (QED) is 0.553. The second-order valence-electron chi connectivity index (χ2n) is 4.57. The highest BCUT2D eigenvalue weighted by molar-refractivity contribution is 7.99. The molecule has 0 aliphatic rings. The first-order chi connectivity index (χ1) is 10.8. The summed E-state index contributed by atoms with van der Waals surface area (Å²) < 4.78 is 0. The zero-order valence-corrected chi connectivity index (χ0v) is 13.6. The van der Waals surface area contributed by atoms with Crippen molar-refractivity contribution in [3.63, 3.8) is 0 Å². The lowest BCUT2D eigenvalue weighted by atomic mass is 10.2. The monoisotopic (exact) mass is 329 g/mol. The van der Waals surface area contributed by atoms with Crippen LogP contribution in [0.4, 0.5) is 0 Å². The van der Waals surface area contributed by atoms with Crippen LogP contribution in [-0.2, 0) is 0 Å². The van der Waals surface area contributed by atoms with Crippen molar-refractivity contribution in [2.24, 2.45) is 0 Å². The van der Waals surface area contributed by atoms with Gasteiger partial charge in [0.05, 0.1) is 23.3 Å². The van der Waals surface area contributed by atoms with Crippen LogP contribution in [0.2, 0.25) is 0 Å². The van der Waals surface area contributed by atoms with Crippen LogP contribution in [0.3, 0.4) is 0 Å². The topological polar surface area (TPSA) is 57.8 Å². The van der Waals surface area contributed by atoms with Crippen molar-refractivity contribution in [1.82, 2.24) is 15.3 Å². The number of H-pyrrole nitrogens is 1. The van der Waals surface area contributed by atoms with Crippen molar-refractivity contribution in [2.45, 2.75) is 9.79 Å². The molecule has 1 aromatic heterocycles. The summed E-state index contributed by atoms with van der Waals surface area (Å²) in [4.78, 5) is 21.8. The average molecular weight is 329 g/mol. The van der Waals surface area contributed by atoms with E-state index in [9.17, 15) is 4.79 Å². The summed E-state index contributed by atoms with van der Waals surface area (Å²) in [6.45, 7) is 0. The van der Waals surface area contributed by atoms with Gasteiger partial charge < -0.3 is 10.3 Å². The Morgan fingerprint density at radius 3 is 2.73 bits per heavy atom. The lowest BCUT2D eigenvalue weighted by molar-refractivity contribution is 0.0962. The Morgan fingerprint density at radius 2 is 1.95 bits per heavy atom. The SMILES string of the molecule is CSc1ccc(SCNC(=O)c2cccc3[nH]cnc23)cc1. The number of hydrogen-bond donors (Lipinski definition) is 2. The minimum atomic E-state index is -0.106. The lowest BCUT2D eigenvalue weighted by Gasteiger charge is -2.06. The number of hydrogen-bond acceptors (Lipinski definition) is 4. The molecule has 0 aliphatic heterocycles. The van der Waals surface area contributed by atoms with Gasteiger partial charge in [-0.15, -0.1) is 23.5 Å². The Morgan fingerprint density at radius 1 is 1.18 bits per heavy atom. The number of aromatic amines is 1. The van der Waals surface area contributed by atoms with E-state index in [1.54, 1.807) is 35.9 Å². The number of thioether (sulfide) groups is 2. The van der Waals surface area contributed by atoms with E-state index in [1.165, 1.54) is 4.90 Å². The number of aromatic nitrogens is 2. The molecule has 0 saturated carbocycles. The molecule has 0 radical (unpaired) electrons. The number of carbonyl (C=O) groups is 1. The highest BCUT2D eigenvalue weighted by atomic mass is 32.2. The maximum Gasteiger partial charge on any atom is 0.254 e. The number of rotatable bonds is 5. The summed E-state index contributed by atoms with van der Waals surface area (Å²) in [5.41, 5.74) is 2.17. The van der Waals surface area contributed by atoms with E-state index in [1.807, 2.05) is 12.1 Å². The third-order valence-corrected chi connectivity index (χ3v) is 4.86. The molecule has 0 unspecified atom stereocenters. The fourth-order valence-corrected chi connectivity index (χ4v) is 3.21. The number of fused-ring (bicyclic) bond motifs is 1. The third kappa shape index (κ3) is 3.28. The molecule has 4 nitrogen and oxygen atoms in total. The van der Waals surface area contributed by atoms with E-state index >= 15 is 0 Å². The fraction of sp³-hybridized carbons (Fsp3) is 0.125. The molecule has 0 atom stereocenters. The fourth-order valence-electron chi connectivity index (χ4n) is 2.10. The van der Waals surface area contributed by atoms with E-state index in [-0.39, 0.29) is 5.91 Å². The number of carbonyl (C=O) groups excluding carboxylic acids is 1. The molecule has 3 rings (SSSR count). The molecule has 6 heteroatoms. The van der Waals surface area contributed by atoms with Gasteiger partial charge in [0.25, 0.3) is 5.91 Å². The normalized spacial score (nSPS) is 10.8. The Kier molecular flexibility index (Phi) is 4.70. The maximum absolute atomic E-state index is 12.3. The van der Waals surface area contributed by atoms with Crippen LogP contribution in [0.1, 0.15) is 10.4 Å². The summed E-state index contributed by atoms with van der Waals surface area (Å²) >= 11 is 3.32. The maximum atomic E-state index is 12.3. The number of nitrogens with zero attached hydrogens (tertiary/aromatic N) is 1. The van der Waals surface area contributed by atoms with Crippen LogP contribution >= 0.6 is 23.5 Å². The number of amides is 1. The number of imidazole rings is 1. The van der Waals surface area contributed by atoms with Gasteiger partial charge in [-0.3, -0.25) is 4.79 Å². The first-order valence-electron chi connectivity index (χ1n) is 6.75. The molecular formula is C16H15N3OS2. The molecule has 1 heterocycles. The summed E-state index contributed by atoms with van der Waals surface area (Å²) in [6.07, 6.45) is 3.65. The van der Waals surface area contributed by atoms with Gasteiger partial charge in [0.15, 0.2) is 0 Å². The van der Waals surface area contributed by atoms with Crippen molar-refractivity contribution >= 4 is 40.5 Å². The highest BCUT2D eigenvalue weighted by Gasteiger charge is 2.11. The standard InChI is InChI=1S/C16H15N3OS2/c1-21-11-5-7-12(8-6-11)22-10-19-16(20)13-3-2-4-14-15(13)18-9-17-14/h2-9H,10H2,1H3,(H,17,18)(H,19,20). The van der Waals surface area contributed by atoms with Gasteiger partial charge in [0, 0.05) is 9.79 Å². The van der Waals surface area contributed by atoms with Crippen LogP contribution in [0.5, 0.6) is 0 Å². The molecule has 0 saturated heterocycles. The summed E-state index contributed by atoms with van der Waals surface area (Å²) in [5, 5.41) is 2.92. The van der Waals surface area contributed by atoms with Crippen molar-refractivity contribution in [3.8, 4) is 0 Å². The molecule has 0 fully saturated rings. The van der Waals surface area contributed by atoms with E-state index < -0.39 is 0 Å². The van der Waals surface area contributed by atoms with E-state index in [4.69, 9.17) is 0 Å². The van der Waals surface area contributed by atoms with Crippen LogP contribution in [0.15, 0.2) is 58.6 Å². The van der Waals surface area contributed by atoms with Crippen LogP contribution in [-0.4, -0.2) is 28.0 Å². The molecule has 2 aromatic carbocycles. The molecule has 0 aliphatic carbocycles. The Balaban J connectivity index is 1.61. The zero-order valence-electron chi connectivity index (χ0n) is 12.0. The number of nitrogens with one attached hydrogen (secondary N) is 2. The number of benzene rings is 2. The molecule has 3 aromatic rings. The van der Waals surface area contributed by atoms with Gasteiger partial charge in [-0.25, -0.2) is 4.98 Å².